The van der Waals surface area contributed by atoms with Gasteiger partial charge in [0.05, 0.1) is 31.3 Å². The van der Waals surface area contributed by atoms with E-state index in [2.05, 4.69) is 5.32 Å². The molecule has 0 aliphatic carbocycles. The van der Waals surface area contributed by atoms with Crippen molar-refractivity contribution in [1.82, 2.24) is 4.90 Å². The number of benzene rings is 2. The maximum atomic E-state index is 13.0. The lowest BCUT2D eigenvalue weighted by molar-refractivity contribution is -0.255. The molecular formula is C20H21N2O5-. The summed E-state index contributed by atoms with van der Waals surface area (Å²) in [5, 5.41) is 15.2. The van der Waals surface area contributed by atoms with Crippen LogP contribution in [0.4, 0.5) is 5.69 Å². The van der Waals surface area contributed by atoms with Crippen molar-refractivity contribution in [2.24, 2.45) is 0 Å². The largest absolute Gasteiger partial charge is 0.545 e. The highest BCUT2D eigenvalue weighted by Gasteiger charge is 2.34. The molecule has 7 nitrogen and oxygen atoms in total. The van der Waals surface area contributed by atoms with Crippen LogP contribution in [0.2, 0.25) is 0 Å². The van der Waals surface area contributed by atoms with E-state index in [1.165, 1.54) is 14.2 Å². The fourth-order valence-corrected chi connectivity index (χ4v) is 3.39. The van der Waals surface area contributed by atoms with E-state index >= 15 is 0 Å². The summed E-state index contributed by atoms with van der Waals surface area (Å²) in [6.07, 6.45) is 0.0556. The Bertz CT molecular complexity index is 881. The molecule has 0 radical (unpaired) electrons. The molecule has 1 heterocycles. The lowest BCUT2D eigenvalue weighted by atomic mass is 9.98. The number of carboxylic acids is 1. The van der Waals surface area contributed by atoms with Crippen molar-refractivity contribution < 1.29 is 24.2 Å². The smallest absolute Gasteiger partial charge is 0.257 e. The zero-order valence-electron chi connectivity index (χ0n) is 15.4. The summed E-state index contributed by atoms with van der Waals surface area (Å²) in [5.41, 5.74) is 1.45. The van der Waals surface area contributed by atoms with E-state index in [1.807, 2.05) is 13.0 Å². The van der Waals surface area contributed by atoms with Gasteiger partial charge in [-0.1, -0.05) is 25.1 Å². The number of amides is 1. The number of carbonyl (C=O) groups excluding carboxylic acids is 2. The average Bonchev–Trinajstić information content (AvgIpc) is 2.68. The van der Waals surface area contributed by atoms with E-state index < -0.39 is 12.1 Å². The minimum absolute atomic E-state index is 0.0690. The van der Waals surface area contributed by atoms with Crippen LogP contribution in [0.5, 0.6) is 11.5 Å². The molecule has 2 aromatic carbocycles. The first-order valence-electron chi connectivity index (χ1n) is 8.66. The van der Waals surface area contributed by atoms with Crippen LogP contribution in [0.3, 0.4) is 0 Å². The SMILES string of the molecule is CCCN1C(=O)c2ccccc2N[C@@H]1c1ccc(OC)c(OC)c1C(=O)[O-]. The molecule has 0 spiro atoms. The van der Waals surface area contributed by atoms with Gasteiger partial charge in [-0.25, -0.2) is 0 Å². The third-order valence-corrected chi connectivity index (χ3v) is 4.56. The summed E-state index contributed by atoms with van der Waals surface area (Å²) in [7, 11) is 2.80. The number of hydrogen-bond donors (Lipinski definition) is 1. The summed E-state index contributed by atoms with van der Waals surface area (Å²) in [4.78, 5) is 26.6. The number of aromatic carboxylic acids is 1. The van der Waals surface area contributed by atoms with Crippen LogP contribution in [-0.4, -0.2) is 37.5 Å². The number of nitrogens with one attached hydrogen (secondary N) is 1. The predicted molar refractivity (Wildman–Crippen MR) is 98.0 cm³/mol. The monoisotopic (exact) mass is 369 g/mol. The molecule has 7 heteroatoms. The summed E-state index contributed by atoms with van der Waals surface area (Å²) in [6.45, 7) is 2.42. The van der Waals surface area contributed by atoms with Gasteiger partial charge in [0.2, 0.25) is 0 Å². The van der Waals surface area contributed by atoms with Crippen molar-refractivity contribution in [1.29, 1.82) is 0 Å². The van der Waals surface area contributed by atoms with Crippen LogP contribution in [0.15, 0.2) is 36.4 Å². The Morgan fingerprint density at radius 3 is 2.56 bits per heavy atom. The number of anilines is 1. The van der Waals surface area contributed by atoms with Crippen LogP contribution in [0.1, 0.15) is 45.8 Å². The minimum atomic E-state index is -1.40. The Balaban J connectivity index is 2.19. The Morgan fingerprint density at radius 1 is 1.19 bits per heavy atom. The third-order valence-electron chi connectivity index (χ3n) is 4.56. The molecule has 0 bridgehead atoms. The van der Waals surface area contributed by atoms with Crippen molar-refractivity contribution >= 4 is 17.6 Å². The van der Waals surface area contributed by atoms with Gasteiger partial charge in [0.1, 0.15) is 6.17 Å². The number of rotatable bonds is 6. The standard InChI is InChI=1S/C20H22N2O5/c1-4-11-22-18(21-14-8-6-5-7-12(14)19(22)23)13-9-10-15(26-2)17(27-3)16(13)20(24)25/h5-10,18,21H,4,11H2,1-3H3,(H,24,25)/p-1/t18-/m0/s1. The molecule has 1 aliphatic rings. The topological polar surface area (TPSA) is 90.9 Å². The highest BCUT2D eigenvalue weighted by molar-refractivity contribution is 6.02. The number of carbonyl (C=O) groups is 2. The highest BCUT2D eigenvalue weighted by atomic mass is 16.5. The zero-order chi connectivity index (χ0) is 19.6. The number of methoxy groups -OCH3 is 2. The molecule has 1 amide bonds. The quantitative estimate of drug-likeness (QED) is 0.838. The van der Waals surface area contributed by atoms with E-state index in [0.717, 1.165) is 6.42 Å². The first kappa shape index (κ1) is 18.6. The van der Waals surface area contributed by atoms with Crippen LogP contribution >= 0.6 is 0 Å². The van der Waals surface area contributed by atoms with E-state index in [9.17, 15) is 14.7 Å². The Labute approximate surface area is 157 Å². The van der Waals surface area contributed by atoms with Gasteiger partial charge in [-0.15, -0.1) is 0 Å². The van der Waals surface area contributed by atoms with Crippen LogP contribution in [-0.2, 0) is 0 Å². The minimum Gasteiger partial charge on any atom is -0.545 e. The number of fused-ring (bicyclic) bond motifs is 1. The summed E-state index contributed by atoms with van der Waals surface area (Å²) in [5.74, 6) is -1.20. The Hall–Kier alpha value is -3.22. The second kappa shape index (κ2) is 7.57. The lowest BCUT2D eigenvalue weighted by Crippen LogP contribution is -2.44. The first-order valence-corrected chi connectivity index (χ1v) is 8.66. The molecule has 0 fully saturated rings. The van der Waals surface area contributed by atoms with Gasteiger partial charge in [-0.2, -0.15) is 0 Å². The molecular weight excluding hydrogens is 348 g/mol. The van der Waals surface area contributed by atoms with E-state index in [4.69, 9.17) is 9.47 Å². The number of carboxylic acid groups (broad SMARTS) is 1. The maximum Gasteiger partial charge on any atom is 0.257 e. The molecule has 1 atom stereocenters. The van der Waals surface area contributed by atoms with Gasteiger partial charge >= 0.3 is 0 Å². The predicted octanol–water partition coefficient (Wildman–Crippen LogP) is 2.04. The fraction of sp³-hybridized carbons (Fsp3) is 0.300. The molecule has 0 unspecified atom stereocenters. The van der Waals surface area contributed by atoms with Crippen LogP contribution < -0.4 is 19.9 Å². The van der Waals surface area contributed by atoms with Crippen LogP contribution in [0, 0.1) is 0 Å². The van der Waals surface area contributed by atoms with E-state index in [-0.39, 0.29) is 23.0 Å². The fourth-order valence-electron chi connectivity index (χ4n) is 3.39. The Kier molecular flexibility index (Phi) is 5.21. The maximum absolute atomic E-state index is 13.0. The van der Waals surface area contributed by atoms with Crippen molar-refractivity contribution in [3.05, 3.63) is 53.1 Å². The number of hydrogen-bond acceptors (Lipinski definition) is 6. The molecule has 1 N–H and O–H groups in total. The molecule has 27 heavy (non-hydrogen) atoms. The van der Waals surface area contributed by atoms with Crippen molar-refractivity contribution in [3.8, 4) is 11.5 Å². The van der Waals surface area contributed by atoms with Gasteiger partial charge in [0.25, 0.3) is 5.91 Å². The first-order chi connectivity index (χ1) is 13.0. The van der Waals surface area contributed by atoms with Crippen molar-refractivity contribution in [3.63, 3.8) is 0 Å². The van der Waals surface area contributed by atoms with Gasteiger partial charge < -0.3 is 29.6 Å². The molecule has 1 aliphatic heterocycles. The summed E-state index contributed by atoms with van der Waals surface area (Å²) >= 11 is 0. The normalized spacial score (nSPS) is 15.7. The van der Waals surface area contributed by atoms with Gasteiger partial charge in [0, 0.05) is 17.8 Å². The lowest BCUT2D eigenvalue weighted by Gasteiger charge is -2.39. The molecule has 2 aromatic rings. The summed E-state index contributed by atoms with van der Waals surface area (Å²) in [6, 6.07) is 10.4. The molecule has 0 saturated heterocycles. The highest BCUT2D eigenvalue weighted by Crippen LogP contribution is 2.40. The van der Waals surface area contributed by atoms with E-state index in [0.29, 0.717) is 23.4 Å². The van der Waals surface area contributed by atoms with Crippen molar-refractivity contribution in [2.75, 3.05) is 26.1 Å². The number of ether oxygens (including phenoxy) is 2. The molecule has 3 rings (SSSR count). The van der Waals surface area contributed by atoms with E-state index in [1.54, 1.807) is 35.2 Å². The van der Waals surface area contributed by atoms with Gasteiger partial charge in [-0.05, 0) is 24.6 Å². The molecule has 142 valence electrons. The zero-order valence-corrected chi connectivity index (χ0v) is 15.4. The molecule has 0 saturated carbocycles. The molecule has 0 aromatic heterocycles. The second-order valence-corrected chi connectivity index (χ2v) is 6.14. The van der Waals surface area contributed by atoms with Gasteiger partial charge in [0.15, 0.2) is 11.5 Å². The Morgan fingerprint density at radius 2 is 1.93 bits per heavy atom. The second-order valence-electron chi connectivity index (χ2n) is 6.14. The van der Waals surface area contributed by atoms with Crippen LogP contribution in [0.25, 0.3) is 0 Å². The average molecular weight is 369 g/mol. The van der Waals surface area contributed by atoms with Crippen molar-refractivity contribution in [2.45, 2.75) is 19.5 Å². The summed E-state index contributed by atoms with van der Waals surface area (Å²) < 4.78 is 10.5. The van der Waals surface area contributed by atoms with Gasteiger partial charge in [-0.3, -0.25) is 4.79 Å². The number of para-hydroxylation sites is 1. The number of nitrogens with zero attached hydrogens (tertiary/aromatic N) is 1. The third kappa shape index (κ3) is 3.16.